The maximum atomic E-state index is 3.00. The SMILES string of the molecule is C=C.CC(C)=CC=C(C)C. The average molecular weight is 138 g/mol. The summed E-state index contributed by atoms with van der Waals surface area (Å²) in [6.45, 7) is 14.4. The standard InChI is InChI=1S/C8H14.C2H4/c1-7(2)5-6-8(3)4;1-2/h5-6H,1-4H3;1-2H2. The van der Waals surface area contributed by atoms with Crippen molar-refractivity contribution >= 4 is 0 Å². The van der Waals surface area contributed by atoms with Gasteiger partial charge in [0.2, 0.25) is 0 Å². The summed E-state index contributed by atoms with van der Waals surface area (Å²) in [5.74, 6) is 0. The Bertz CT molecular complexity index is 103. The molecule has 0 fully saturated rings. The summed E-state index contributed by atoms with van der Waals surface area (Å²) in [5, 5.41) is 0. The Morgan fingerprint density at radius 1 is 0.800 bits per heavy atom. The van der Waals surface area contributed by atoms with Crippen molar-refractivity contribution in [1.82, 2.24) is 0 Å². The molecule has 0 aromatic heterocycles. The molecule has 0 bridgehead atoms. The summed E-state index contributed by atoms with van der Waals surface area (Å²) in [4.78, 5) is 0. The summed E-state index contributed by atoms with van der Waals surface area (Å²) in [6, 6.07) is 0. The van der Waals surface area contributed by atoms with Crippen molar-refractivity contribution in [1.29, 1.82) is 0 Å². The van der Waals surface area contributed by atoms with Crippen molar-refractivity contribution < 1.29 is 0 Å². The number of hydrogen-bond acceptors (Lipinski definition) is 0. The van der Waals surface area contributed by atoms with Gasteiger partial charge in [0, 0.05) is 0 Å². The van der Waals surface area contributed by atoms with E-state index in [-0.39, 0.29) is 0 Å². The third-order valence-corrected chi connectivity index (χ3v) is 0.750. The molecular weight excluding hydrogens is 120 g/mol. The van der Waals surface area contributed by atoms with Crippen LogP contribution in [0.4, 0.5) is 0 Å². The van der Waals surface area contributed by atoms with E-state index in [2.05, 4.69) is 53.0 Å². The molecule has 0 nitrogen and oxygen atoms in total. The van der Waals surface area contributed by atoms with E-state index in [1.165, 1.54) is 11.1 Å². The molecule has 0 aliphatic heterocycles. The molecule has 0 aliphatic rings. The van der Waals surface area contributed by atoms with Crippen molar-refractivity contribution in [3.8, 4) is 0 Å². The van der Waals surface area contributed by atoms with E-state index in [1.807, 2.05) is 0 Å². The van der Waals surface area contributed by atoms with Crippen LogP contribution in [-0.2, 0) is 0 Å². The van der Waals surface area contributed by atoms with E-state index in [1.54, 1.807) is 0 Å². The topological polar surface area (TPSA) is 0 Å². The van der Waals surface area contributed by atoms with Crippen molar-refractivity contribution in [3.05, 3.63) is 36.5 Å². The zero-order chi connectivity index (χ0) is 8.57. The van der Waals surface area contributed by atoms with Crippen LogP contribution in [0.25, 0.3) is 0 Å². The van der Waals surface area contributed by atoms with Crippen molar-refractivity contribution in [2.75, 3.05) is 0 Å². The van der Waals surface area contributed by atoms with Gasteiger partial charge >= 0.3 is 0 Å². The maximum absolute atomic E-state index is 3.00. The minimum absolute atomic E-state index is 1.35. The molecule has 58 valence electrons. The van der Waals surface area contributed by atoms with Crippen LogP contribution in [0, 0.1) is 0 Å². The summed E-state index contributed by atoms with van der Waals surface area (Å²) in [6.07, 6.45) is 4.24. The zero-order valence-electron chi connectivity index (χ0n) is 7.57. The van der Waals surface area contributed by atoms with E-state index in [9.17, 15) is 0 Å². The molecule has 10 heavy (non-hydrogen) atoms. The highest BCUT2D eigenvalue weighted by molar-refractivity contribution is 5.12. The molecule has 0 saturated heterocycles. The highest BCUT2D eigenvalue weighted by atomic mass is 13.8. The average Bonchev–Trinajstić information content (AvgIpc) is 1.89. The van der Waals surface area contributed by atoms with Crippen LogP contribution in [0.3, 0.4) is 0 Å². The van der Waals surface area contributed by atoms with Gasteiger partial charge in [-0.05, 0) is 27.7 Å². The summed E-state index contributed by atoms with van der Waals surface area (Å²) >= 11 is 0. The van der Waals surface area contributed by atoms with Gasteiger partial charge in [-0.15, -0.1) is 13.2 Å². The fourth-order valence-corrected chi connectivity index (χ4v) is 0.333. The van der Waals surface area contributed by atoms with Gasteiger partial charge in [0.05, 0.1) is 0 Å². The van der Waals surface area contributed by atoms with Crippen LogP contribution in [0.2, 0.25) is 0 Å². The molecule has 0 radical (unpaired) electrons. The molecule has 0 aromatic rings. The third kappa shape index (κ3) is 15.7. The first-order valence-electron chi connectivity index (χ1n) is 3.41. The second-order valence-electron chi connectivity index (χ2n) is 2.49. The quantitative estimate of drug-likeness (QED) is 0.382. The second-order valence-corrected chi connectivity index (χ2v) is 2.49. The van der Waals surface area contributed by atoms with Gasteiger partial charge in [0.1, 0.15) is 0 Å². The van der Waals surface area contributed by atoms with Crippen LogP contribution >= 0.6 is 0 Å². The normalized spacial score (nSPS) is 6.80. The Labute approximate surface area is 65.0 Å². The monoisotopic (exact) mass is 138 g/mol. The van der Waals surface area contributed by atoms with E-state index < -0.39 is 0 Å². The molecule has 0 aliphatic carbocycles. The Hall–Kier alpha value is -0.780. The van der Waals surface area contributed by atoms with Crippen molar-refractivity contribution in [2.24, 2.45) is 0 Å². The molecule has 0 heteroatoms. The lowest BCUT2D eigenvalue weighted by Crippen LogP contribution is -1.62. The Morgan fingerprint density at radius 2 is 1.00 bits per heavy atom. The van der Waals surface area contributed by atoms with Gasteiger partial charge in [-0.25, -0.2) is 0 Å². The minimum Gasteiger partial charge on any atom is -0.106 e. The maximum Gasteiger partial charge on any atom is -0.0439 e. The van der Waals surface area contributed by atoms with Gasteiger partial charge in [0.25, 0.3) is 0 Å². The third-order valence-electron chi connectivity index (χ3n) is 0.750. The molecule has 0 unspecified atom stereocenters. The lowest BCUT2D eigenvalue weighted by molar-refractivity contribution is 1.35. The molecule has 0 rings (SSSR count). The van der Waals surface area contributed by atoms with E-state index in [4.69, 9.17) is 0 Å². The highest BCUT2D eigenvalue weighted by Crippen LogP contribution is 1.93. The molecule has 0 atom stereocenters. The lowest BCUT2D eigenvalue weighted by Gasteiger charge is -1.84. The first-order chi connectivity index (χ1) is 4.63. The van der Waals surface area contributed by atoms with Gasteiger partial charge in [-0.2, -0.15) is 0 Å². The largest absolute Gasteiger partial charge is 0.106 e. The molecule has 0 spiro atoms. The van der Waals surface area contributed by atoms with Crippen LogP contribution in [0.1, 0.15) is 27.7 Å². The lowest BCUT2D eigenvalue weighted by atomic mass is 10.2. The minimum atomic E-state index is 1.35. The summed E-state index contributed by atoms with van der Waals surface area (Å²) in [7, 11) is 0. The van der Waals surface area contributed by atoms with Crippen LogP contribution in [0.5, 0.6) is 0 Å². The summed E-state index contributed by atoms with van der Waals surface area (Å²) in [5.41, 5.74) is 2.71. The van der Waals surface area contributed by atoms with Gasteiger partial charge < -0.3 is 0 Å². The molecule has 0 heterocycles. The van der Waals surface area contributed by atoms with Crippen LogP contribution < -0.4 is 0 Å². The highest BCUT2D eigenvalue weighted by Gasteiger charge is 1.71. The van der Waals surface area contributed by atoms with Gasteiger partial charge in [-0.1, -0.05) is 23.3 Å². The second kappa shape index (κ2) is 8.22. The first kappa shape index (κ1) is 12.0. The Balaban J connectivity index is 0. The first-order valence-corrected chi connectivity index (χ1v) is 3.41. The molecular formula is C10H18. The number of rotatable bonds is 1. The fourth-order valence-electron chi connectivity index (χ4n) is 0.333. The fraction of sp³-hybridized carbons (Fsp3) is 0.400. The van der Waals surface area contributed by atoms with Crippen molar-refractivity contribution in [2.45, 2.75) is 27.7 Å². The smallest absolute Gasteiger partial charge is 0.0439 e. The number of allylic oxidation sites excluding steroid dienone is 4. The van der Waals surface area contributed by atoms with E-state index in [0.717, 1.165) is 0 Å². The van der Waals surface area contributed by atoms with Crippen LogP contribution in [0.15, 0.2) is 36.5 Å². The van der Waals surface area contributed by atoms with E-state index in [0.29, 0.717) is 0 Å². The Kier molecular flexibility index (Phi) is 9.82. The molecule has 0 N–H and O–H groups in total. The molecule has 0 amide bonds. The summed E-state index contributed by atoms with van der Waals surface area (Å²) < 4.78 is 0. The predicted molar refractivity (Wildman–Crippen MR) is 50.1 cm³/mol. The number of hydrogen-bond donors (Lipinski definition) is 0. The predicted octanol–water partition coefficient (Wildman–Crippen LogP) is 3.72. The Morgan fingerprint density at radius 3 is 1.10 bits per heavy atom. The molecule has 0 aromatic carbocycles. The van der Waals surface area contributed by atoms with Crippen LogP contribution in [-0.4, -0.2) is 0 Å². The van der Waals surface area contributed by atoms with E-state index >= 15 is 0 Å². The zero-order valence-corrected chi connectivity index (χ0v) is 7.57. The van der Waals surface area contributed by atoms with Gasteiger partial charge in [-0.3, -0.25) is 0 Å². The molecule has 0 saturated carbocycles. The van der Waals surface area contributed by atoms with Crippen molar-refractivity contribution in [3.63, 3.8) is 0 Å². The van der Waals surface area contributed by atoms with Gasteiger partial charge in [0.15, 0.2) is 0 Å².